The van der Waals surface area contributed by atoms with Crippen LogP contribution in [0.4, 0.5) is 5.69 Å². The number of amides is 1. The smallest absolute Gasteiger partial charge is 0.236 e. The Hall–Kier alpha value is -4.78. The topological polar surface area (TPSA) is 81.9 Å². The predicted molar refractivity (Wildman–Crippen MR) is 148 cm³/mol. The summed E-state index contributed by atoms with van der Waals surface area (Å²) in [6.07, 6.45) is 0. The maximum absolute atomic E-state index is 13.4. The molecule has 7 nitrogen and oxygen atoms in total. The van der Waals surface area contributed by atoms with E-state index < -0.39 is 5.92 Å². The predicted octanol–water partition coefficient (Wildman–Crippen LogP) is 6.46. The minimum atomic E-state index is -0.422. The van der Waals surface area contributed by atoms with E-state index in [0.29, 0.717) is 29.0 Å². The van der Waals surface area contributed by atoms with Crippen molar-refractivity contribution in [2.24, 2.45) is 0 Å². The average molecular weight is 504 g/mol. The molecule has 0 saturated carbocycles. The quantitative estimate of drug-likeness (QED) is 0.276. The molecule has 0 spiro atoms. The summed E-state index contributed by atoms with van der Waals surface area (Å²) in [4.78, 5) is 22.4. The number of aromatic nitrogens is 4. The Morgan fingerprint density at radius 2 is 1.42 bits per heavy atom. The second kappa shape index (κ2) is 10.7. The number of nitrogens with one attached hydrogen (secondary N) is 1. The van der Waals surface area contributed by atoms with E-state index in [1.54, 1.807) is 22.9 Å². The Morgan fingerprint density at radius 3 is 1.97 bits per heavy atom. The molecule has 5 rings (SSSR count). The van der Waals surface area contributed by atoms with Crippen molar-refractivity contribution in [3.8, 4) is 17.4 Å². The van der Waals surface area contributed by atoms with Crippen molar-refractivity contribution in [1.82, 2.24) is 19.7 Å². The minimum absolute atomic E-state index is 0.104. The third kappa shape index (κ3) is 5.32. The van der Waals surface area contributed by atoms with Crippen molar-refractivity contribution >= 4 is 11.6 Å². The average Bonchev–Trinajstić information content (AvgIpc) is 3.18. The van der Waals surface area contributed by atoms with E-state index in [1.165, 1.54) is 0 Å². The Labute approximate surface area is 222 Å². The van der Waals surface area contributed by atoms with Gasteiger partial charge >= 0.3 is 0 Å². The molecule has 0 aliphatic carbocycles. The van der Waals surface area contributed by atoms with E-state index in [0.717, 1.165) is 28.1 Å². The largest absolute Gasteiger partial charge is 0.439 e. The van der Waals surface area contributed by atoms with Crippen molar-refractivity contribution in [1.29, 1.82) is 0 Å². The van der Waals surface area contributed by atoms with Crippen LogP contribution in [0, 0.1) is 27.7 Å². The van der Waals surface area contributed by atoms with Crippen LogP contribution in [-0.4, -0.2) is 25.7 Å². The van der Waals surface area contributed by atoms with E-state index >= 15 is 0 Å². The van der Waals surface area contributed by atoms with Gasteiger partial charge in [0, 0.05) is 17.4 Å². The molecule has 0 fully saturated rings. The van der Waals surface area contributed by atoms with Gasteiger partial charge < -0.3 is 10.1 Å². The molecule has 5 aromatic rings. The highest BCUT2D eigenvalue weighted by molar-refractivity contribution is 5.98. The third-order valence-corrected chi connectivity index (χ3v) is 6.54. The van der Waals surface area contributed by atoms with E-state index in [-0.39, 0.29) is 5.91 Å². The number of benzene rings is 3. The molecule has 0 unspecified atom stereocenters. The third-order valence-electron chi connectivity index (χ3n) is 6.54. The molecule has 0 radical (unpaired) electrons. The summed E-state index contributed by atoms with van der Waals surface area (Å²) in [5.74, 6) is 1.72. The highest BCUT2D eigenvalue weighted by Gasteiger charge is 2.22. The van der Waals surface area contributed by atoms with Crippen LogP contribution in [0.5, 0.6) is 11.6 Å². The van der Waals surface area contributed by atoms with Gasteiger partial charge in [0.1, 0.15) is 11.6 Å². The lowest BCUT2D eigenvalue weighted by atomic mass is 9.90. The molecule has 0 saturated heterocycles. The molecule has 2 aromatic heterocycles. The van der Waals surface area contributed by atoms with Crippen molar-refractivity contribution in [2.75, 3.05) is 5.32 Å². The first-order chi connectivity index (χ1) is 18.4. The van der Waals surface area contributed by atoms with Gasteiger partial charge in [-0.05, 0) is 68.7 Å². The van der Waals surface area contributed by atoms with Crippen molar-refractivity contribution < 1.29 is 9.53 Å². The van der Waals surface area contributed by atoms with Crippen molar-refractivity contribution in [3.63, 3.8) is 0 Å². The van der Waals surface area contributed by atoms with Gasteiger partial charge in [0.15, 0.2) is 5.82 Å². The molecule has 38 heavy (non-hydrogen) atoms. The second-order valence-corrected chi connectivity index (χ2v) is 9.19. The molecule has 1 N–H and O–H groups in total. The lowest BCUT2D eigenvalue weighted by molar-refractivity contribution is -0.116. The maximum atomic E-state index is 13.4. The summed E-state index contributed by atoms with van der Waals surface area (Å²) < 4.78 is 7.85. The molecule has 190 valence electrons. The van der Waals surface area contributed by atoms with Crippen LogP contribution in [0.2, 0.25) is 0 Å². The molecular formula is C31H29N5O2. The Bertz CT molecular complexity index is 1520. The number of ether oxygens (including phenoxy) is 1. The minimum Gasteiger partial charge on any atom is -0.439 e. The fraction of sp³-hybridized carbons (Fsp3) is 0.161. The fourth-order valence-corrected chi connectivity index (χ4v) is 4.36. The summed E-state index contributed by atoms with van der Waals surface area (Å²) in [6, 6.07) is 28.6. The molecule has 2 heterocycles. The van der Waals surface area contributed by atoms with Crippen LogP contribution in [0.15, 0.2) is 91.0 Å². The zero-order chi connectivity index (χ0) is 26.6. The van der Waals surface area contributed by atoms with Crippen molar-refractivity contribution in [3.05, 3.63) is 125 Å². The van der Waals surface area contributed by atoms with E-state index in [4.69, 9.17) is 4.74 Å². The summed E-state index contributed by atoms with van der Waals surface area (Å²) >= 11 is 0. The molecule has 7 heteroatoms. The van der Waals surface area contributed by atoms with E-state index in [2.05, 4.69) is 20.4 Å². The van der Waals surface area contributed by atoms with Crippen LogP contribution in [0.3, 0.4) is 0 Å². The van der Waals surface area contributed by atoms with Crippen LogP contribution in [-0.2, 0) is 4.79 Å². The number of hydrogen-bond donors (Lipinski definition) is 1. The SMILES string of the molecule is Cc1nc(Oc2ccc(NC(=O)C(c3ccccc3)c3ccccc3)cc2)cc(-n2nc(C)c(C)c2C)n1. The number of hydrogen-bond acceptors (Lipinski definition) is 5. The van der Waals surface area contributed by atoms with Crippen molar-refractivity contribution in [2.45, 2.75) is 33.6 Å². The zero-order valence-electron chi connectivity index (χ0n) is 21.8. The number of carbonyl (C=O) groups is 1. The molecule has 0 bridgehead atoms. The molecule has 1 amide bonds. The molecule has 0 aliphatic heterocycles. The van der Waals surface area contributed by atoms with Gasteiger partial charge in [-0.1, -0.05) is 60.7 Å². The lowest BCUT2D eigenvalue weighted by Crippen LogP contribution is -2.22. The van der Waals surface area contributed by atoms with E-state index in [1.807, 2.05) is 100 Å². The number of carbonyl (C=O) groups excluding carboxylic acids is 1. The van der Waals surface area contributed by atoms with Gasteiger partial charge in [-0.2, -0.15) is 10.1 Å². The Kier molecular flexibility index (Phi) is 7.00. The van der Waals surface area contributed by atoms with Gasteiger partial charge in [0.25, 0.3) is 0 Å². The standard InChI is InChI=1S/C31H29N5O2/c1-20-21(2)35-36(22(20)3)28-19-29(33-23(4)32-28)38-27-17-15-26(16-18-27)34-31(37)30(24-11-7-5-8-12-24)25-13-9-6-10-14-25/h5-19,30H,1-4H3,(H,34,37). The summed E-state index contributed by atoms with van der Waals surface area (Å²) in [5.41, 5.74) is 5.66. The van der Waals surface area contributed by atoms with Gasteiger partial charge in [0.05, 0.1) is 11.6 Å². The molecular weight excluding hydrogens is 474 g/mol. The summed E-state index contributed by atoms with van der Waals surface area (Å²) in [7, 11) is 0. The molecule has 0 aliphatic rings. The summed E-state index contributed by atoms with van der Waals surface area (Å²) in [5, 5.41) is 7.65. The van der Waals surface area contributed by atoms with Crippen LogP contribution in [0.1, 0.15) is 39.8 Å². The maximum Gasteiger partial charge on any atom is 0.236 e. The first kappa shape index (κ1) is 24.9. The van der Waals surface area contributed by atoms with Crippen LogP contribution >= 0.6 is 0 Å². The Morgan fingerprint density at radius 1 is 0.816 bits per heavy atom. The lowest BCUT2D eigenvalue weighted by Gasteiger charge is -2.18. The van der Waals surface area contributed by atoms with Gasteiger partial charge in [-0.25, -0.2) is 9.67 Å². The fourth-order valence-electron chi connectivity index (χ4n) is 4.36. The monoisotopic (exact) mass is 503 g/mol. The first-order valence-electron chi connectivity index (χ1n) is 12.5. The van der Waals surface area contributed by atoms with Gasteiger partial charge in [0.2, 0.25) is 11.8 Å². The zero-order valence-corrected chi connectivity index (χ0v) is 21.8. The normalized spacial score (nSPS) is 11.0. The van der Waals surface area contributed by atoms with Crippen LogP contribution in [0.25, 0.3) is 5.82 Å². The summed E-state index contributed by atoms with van der Waals surface area (Å²) in [6.45, 7) is 7.86. The number of nitrogens with zero attached hydrogens (tertiary/aromatic N) is 4. The number of anilines is 1. The highest BCUT2D eigenvalue weighted by atomic mass is 16.5. The highest BCUT2D eigenvalue weighted by Crippen LogP contribution is 2.28. The van der Waals surface area contributed by atoms with E-state index in [9.17, 15) is 4.79 Å². The number of aryl methyl sites for hydroxylation is 2. The van der Waals surface area contributed by atoms with Gasteiger partial charge in [-0.15, -0.1) is 0 Å². The van der Waals surface area contributed by atoms with Gasteiger partial charge in [-0.3, -0.25) is 4.79 Å². The van der Waals surface area contributed by atoms with Crippen LogP contribution < -0.4 is 10.1 Å². The molecule has 3 aromatic carbocycles. The first-order valence-corrected chi connectivity index (χ1v) is 12.5. The molecule has 0 atom stereocenters. The Balaban J connectivity index is 1.33. The second-order valence-electron chi connectivity index (χ2n) is 9.19. The number of rotatable bonds is 7.